The molecular formula is C20H22O2. The zero-order valence-corrected chi connectivity index (χ0v) is 13.5. The fourth-order valence-corrected chi connectivity index (χ4v) is 2.28. The number of phenolic OH excluding ortho intramolecular Hbond substituents is 2. The van der Waals surface area contributed by atoms with Gasteiger partial charge in [0.25, 0.3) is 0 Å². The normalized spacial score (nSPS) is 12.5. The van der Waals surface area contributed by atoms with Crippen molar-refractivity contribution in [1.29, 1.82) is 0 Å². The van der Waals surface area contributed by atoms with E-state index in [4.69, 9.17) is 0 Å². The third-order valence-corrected chi connectivity index (χ3v) is 3.87. The molecule has 0 spiro atoms. The Kier molecular flexibility index (Phi) is 4.71. The van der Waals surface area contributed by atoms with Gasteiger partial charge in [-0.05, 0) is 73.7 Å². The van der Waals surface area contributed by atoms with Crippen LogP contribution in [-0.4, -0.2) is 10.2 Å². The summed E-state index contributed by atoms with van der Waals surface area (Å²) >= 11 is 0. The van der Waals surface area contributed by atoms with Crippen molar-refractivity contribution in [2.75, 3.05) is 0 Å². The van der Waals surface area contributed by atoms with Crippen LogP contribution in [0.2, 0.25) is 0 Å². The Balaban J connectivity index is 2.33. The van der Waals surface area contributed by atoms with Gasteiger partial charge in [0.2, 0.25) is 0 Å². The van der Waals surface area contributed by atoms with Gasteiger partial charge < -0.3 is 10.2 Å². The fourth-order valence-electron chi connectivity index (χ4n) is 2.28. The van der Waals surface area contributed by atoms with Gasteiger partial charge in [-0.25, -0.2) is 0 Å². The number of rotatable bonds is 3. The predicted molar refractivity (Wildman–Crippen MR) is 93.0 cm³/mol. The number of allylic oxidation sites excluding steroid dienone is 2. The second-order valence-corrected chi connectivity index (χ2v) is 5.71. The van der Waals surface area contributed by atoms with Gasteiger partial charge in [0, 0.05) is 5.56 Å². The van der Waals surface area contributed by atoms with E-state index < -0.39 is 0 Å². The van der Waals surface area contributed by atoms with E-state index in [9.17, 15) is 10.2 Å². The first-order valence-corrected chi connectivity index (χ1v) is 7.33. The van der Waals surface area contributed by atoms with E-state index in [1.807, 2.05) is 64.1 Å². The smallest absolute Gasteiger partial charge is 0.125 e. The predicted octanol–water partition coefficient (Wildman–Crippen LogP) is 5.22. The molecule has 0 aliphatic heterocycles. The van der Waals surface area contributed by atoms with Crippen molar-refractivity contribution in [3.05, 3.63) is 69.8 Å². The van der Waals surface area contributed by atoms with Crippen LogP contribution in [0.5, 0.6) is 11.5 Å². The molecule has 0 amide bonds. The lowest BCUT2D eigenvalue weighted by atomic mass is 10.0. The zero-order valence-electron chi connectivity index (χ0n) is 13.5. The van der Waals surface area contributed by atoms with Crippen molar-refractivity contribution in [1.82, 2.24) is 0 Å². The van der Waals surface area contributed by atoms with Gasteiger partial charge in [0.05, 0.1) is 0 Å². The average Bonchev–Trinajstić information content (AvgIpc) is 2.47. The molecule has 0 aliphatic carbocycles. The highest BCUT2D eigenvalue weighted by molar-refractivity contribution is 5.68. The number of phenols is 2. The van der Waals surface area contributed by atoms with Crippen molar-refractivity contribution >= 4 is 12.2 Å². The van der Waals surface area contributed by atoms with Crippen LogP contribution in [0.4, 0.5) is 0 Å². The van der Waals surface area contributed by atoms with Gasteiger partial charge in [-0.2, -0.15) is 0 Å². The molecule has 2 N–H and O–H groups in total. The summed E-state index contributed by atoms with van der Waals surface area (Å²) in [6.45, 7) is 7.85. The van der Waals surface area contributed by atoms with Gasteiger partial charge in [-0.3, -0.25) is 0 Å². The minimum Gasteiger partial charge on any atom is -0.508 e. The summed E-state index contributed by atoms with van der Waals surface area (Å²) in [5.41, 5.74) is 5.82. The number of hydrogen-bond donors (Lipinski definition) is 2. The molecule has 2 nitrogen and oxygen atoms in total. The summed E-state index contributed by atoms with van der Waals surface area (Å²) in [6.07, 6.45) is 4.06. The number of para-hydroxylation sites is 1. The van der Waals surface area contributed by atoms with Gasteiger partial charge in [0.1, 0.15) is 11.5 Å². The molecule has 2 aromatic carbocycles. The molecule has 0 saturated carbocycles. The quantitative estimate of drug-likeness (QED) is 0.762. The fraction of sp³-hybridized carbons (Fsp3) is 0.200. The number of hydrogen-bond acceptors (Lipinski definition) is 2. The first kappa shape index (κ1) is 15.9. The maximum Gasteiger partial charge on any atom is 0.125 e. The number of aryl methyl sites for hydroxylation is 2. The minimum absolute atomic E-state index is 0.312. The highest BCUT2D eigenvalue weighted by Crippen LogP contribution is 2.26. The van der Waals surface area contributed by atoms with E-state index in [1.165, 1.54) is 0 Å². The summed E-state index contributed by atoms with van der Waals surface area (Å²) < 4.78 is 0. The second-order valence-electron chi connectivity index (χ2n) is 5.71. The topological polar surface area (TPSA) is 40.5 Å². The minimum atomic E-state index is 0.312. The third-order valence-electron chi connectivity index (χ3n) is 3.87. The zero-order chi connectivity index (χ0) is 16.3. The van der Waals surface area contributed by atoms with Crippen LogP contribution in [0.15, 0.2) is 47.5 Å². The maximum absolute atomic E-state index is 10.1. The highest BCUT2D eigenvalue weighted by Gasteiger charge is 2.03. The van der Waals surface area contributed by atoms with Crippen LogP contribution in [0, 0.1) is 13.8 Å². The summed E-state index contributed by atoms with van der Waals surface area (Å²) in [5, 5.41) is 19.7. The van der Waals surface area contributed by atoms with Crippen molar-refractivity contribution in [2.24, 2.45) is 0 Å². The van der Waals surface area contributed by atoms with E-state index in [-0.39, 0.29) is 0 Å². The summed E-state index contributed by atoms with van der Waals surface area (Å²) in [4.78, 5) is 0. The van der Waals surface area contributed by atoms with Crippen LogP contribution < -0.4 is 0 Å². The first-order valence-electron chi connectivity index (χ1n) is 7.33. The van der Waals surface area contributed by atoms with E-state index in [0.717, 1.165) is 33.4 Å². The molecular weight excluding hydrogens is 272 g/mol. The Hall–Kier alpha value is -2.48. The molecule has 0 radical (unpaired) electrons. The largest absolute Gasteiger partial charge is 0.508 e. The molecule has 0 heterocycles. The molecule has 114 valence electrons. The lowest BCUT2D eigenvalue weighted by molar-refractivity contribution is 0.469. The molecule has 0 bridgehead atoms. The average molecular weight is 294 g/mol. The Morgan fingerprint density at radius 3 is 2.23 bits per heavy atom. The van der Waals surface area contributed by atoms with Crippen LogP contribution in [0.3, 0.4) is 0 Å². The van der Waals surface area contributed by atoms with Gasteiger partial charge in [-0.1, -0.05) is 30.3 Å². The van der Waals surface area contributed by atoms with Crippen LogP contribution in [0.1, 0.15) is 36.1 Å². The van der Waals surface area contributed by atoms with Crippen LogP contribution in [-0.2, 0) is 0 Å². The molecule has 0 atom stereocenters. The number of benzene rings is 2. The molecule has 0 fully saturated rings. The van der Waals surface area contributed by atoms with Gasteiger partial charge in [-0.15, -0.1) is 0 Å². The molecule has 0 saturated heterocycles. The summed E-state index contributed by atoms with van der Waals surface area (Å²) in [7, 11) is 0. The Bertz CT molecular complexity index is 752. The lowest BCUT2D eigenvalue weighted by Crippen LogP contribution is -1.85. The van der Waals surface area contributed by atoms with Gasteiger partial charge in [0.15, 0.2) is 0 Å². The molecule has 0 aromatic heterocycles. The maximum atomic E-state index is 10.1. The molecule has 2 aromatic rings. The van der Waals surface area contributed by atoms with Crippen molar-refractivity contribution in [3.63, 3.8) is 0 Å². The highest BCUT2D eigenvalue weighted by atomic mass is 16.3. The SMILES string of the molecule is CC(=C/c1ccc(O)c(C)c1)/C(C)=C/c1cccc(C)c1O. The molecule has 2 heteroatoms. The van der Waals surface area contributed by atoms with Crippen molar-refractivity contribution < 1.29 is 10.2 Å². The van der Waals surface area contributed by atoms with E-state index >= 15 is 0 Å². The standard InChI is InChI=1S/C20H22O2/c1-13-6-5-7-18(20(13)22)12-15(3)14(2)10-17-8-9-19(21)16(4)11-17/h5-12,21-22H,1-4H3/b14-10-,15-12+. The Morgan fingerprint density at radius 1 is 0.864 bits per heavy atom. The van der Waals surface area contributed by atoms with E-state index in [0.29, 0.717) is 11.5 Å². The summed E-state index contributed by atoms with van der Waals surface area (Å²) in [5.74, 6) is 0.641. The molecule has 22 heavy (non-hydrogen) atoms. The van der Waals surface area contributed by atoms with Crippen molar-refractivity contribution in [3.8, 4) is 11.5 Å². The summed E-state index contributed by atoms with van der Waals surface area (Å²) in [6, 6.07) is 11.3. The van der Waals surface area contributed by atoms with Gasteiger partial charge >= 0.3 is 0 Å². The number of aromatic hydroxyl groups is 2. The van der Waals surface area contributed by atoms with E-state index in [1.54, 1.807) is 6.07 Å². The first-order chi connectivity index (χ1) is 10.4. The Morgan fingerprint density at radius 2 is 1.55 bits per heavy atom. The monoisotopic (exact) mass is 294 g/mol. The van der Waals surface area contributed by atoms with Crippen LogP contribution in [0.25, 0.3) is 12.2 Å². The van der Waals surface area contributed by atoms with Crippen LogP contribution >= 0.6 is 0 Å². The Labute approximate surface area is 132 Å². The second kappa shape index (κ2) is 6.52. The molecule has 0 unspecified atom stereocenters. The third kappa shape index (κ3) is 3.59. The lowest BCUT2D eigenvalue weighted by Gasteiger charge is -2.07. The molecule has 0 aliphatic rings. The van der Waals surface area contributed by atoms with E-state index in [2.05, 4.69) is 6.08 Å². The van der Waals surface area contributed by atoms with Crippen molar-refractivity contribution in [2.45, 2.75) is 27.7 Å². The molecule has 2 rings (SSSR count).